The van der Waals surface area contributed by atoms with Gasteiger partial charge in [-0.05, 0) is 45.8 Å². The topological polar surface area (TPSA) is 68.3 Å². The molecule has 1 aliphatic carbocycles. The van der Waals surface area contributed by atoms with Gasteiger partial charge in [-0.15, -0.1) is 0 Å². The summed E-state index contributed by atoms with van der Waals surface area (Å²) in [6.45, 7) is 1.21. The highest BCUT2D eigenvalue weighted by atomic mass is 79.9. The molecule has 106 valence electrons. The van der Waals surface area contributed by atoms with Crippen molar-refractivity contribution in [1.82, 2.24) is 9.71 Å². The number of halogens is 1. The highest BCUT2D eigenvalue weighted by molar-refractivity contribution is 9.10. The van der Waals surface area contributed by atoms with Crippen molar-refractivity contribution < 1.29 is 13.2 Å². The first kappa shape index (κ1) is 14.9. The van der Waals surface area contributed by atoms with Gasteiger partial charge < -0.3 is 4.74 Å². The lowest BCUT2D eigenvalue weighted by atomic mass is 10.3. The zero-order valence-corrected chi connectivity index (χ0v) is 13.1. The van der Waals surface area contributed by atoms with Gasteiger partial charge in [0, 0.05) is 37.1 Å². The third kappa shape index (κ3) is 4.83. The third-order valence-corrected chi connectivity index (χ3v) is 4.89. The minimum absolute atomic E-state index is 0.0406. The Morgan fingerprint density at radius 2 is 2.26 bits per heavy atom. The van der Waals surface area contributed by atoms with Gasteiger partial charge in [0.05, 0.1) is 5.75 Å². The van der Waals surface area contributed by atoms with Crippen LogP contribution in [0, 0.1) is 11.8 Å². The predicted octanol–water partition coefficient (Wildman–Crippen LogP) is 1.55. The predicted molar refractivity (Wildman–Crippen MR) is 76.0 cm³/mol. The fourth-order valence-electron chi connectivity index (χ4n) is 2.02. The average molecular weight is 349 g/mol. The normalized spacial score (nSPS) is 22.4. The van der Waals surface area contributed by atoms with Gasteiger partial charge in [-0.1, -0.05) is 0 Å². The summed E-state index contributed by atoms with van der Waals surface area (Å²) in [4.78, 5) is 3.96. The van der Waals surface area contributed by atoms with Gasteiger partial charge in [0.15, 0.2) is 0 Å². The van der Waals surface area contributed by atoms with Crippen LogP contribution in [0.4, 0.5) is 0 Å². The number of pyridine rings is 1. The second-order valence-corrected chi connectivity index (χ2v) is 7.55. The van der Waals surface area contributed by atoms with Crippen molar-refractivity contribution in [3.05, 3.63) is 28.5 Å². The molecule has 1 aromatic heterocycles. The van der Waals surface area contributed by atoms with E-state index < -0.39 is 10.0 Å². The molecule has 0 aliphatic heterocycles. The zero-order valence-electron chi connectivity index (χ0n) is 10.7. The monoisotopic (exact) mass is 348 g/mol. The van der Waals surface area contributed by atoms with Crippen molar-refractivity contribution in [3.8, 4) is 0 Å². The molecular formula is C12H17BrN2O3S. The van der Waals surface area contributed by atoms with Gasteiger partial charge in [0.2, 0.25) is 10.0 Å². The number of aromatic nitrogens is 1. The van der Waals surface area contributed by atoms with Gasteiger partial charge in [-0.3, -0.25) is 4.98 Å². The maximum absolute atomic E-state index is 11.9. The van der Waals surface area contributed by atoms with Crippen LogP contribution in [0.25, 0.3) is 0 Å². The molecule has 1 aliphatic rings. The minimum atomic E-state index is -3.30. The summed E-state index contributed by atoms with van der Waals surface area (Å²) in [6.07, 6.45) is 4.23. The molecular weight excluding hydrogens is 332 g/mol. The fraction of sp³-hybridized carbons (Fsp3) is 0.583. The summed E-state index contributed by atoms with van der Waals surface area (Å²) in [6, 6.07) is 1.76. The molecule has 0 radical (unpaired) electrons. The number of nitrogens with zero attached hydrogens (tertiary/aromatic N) is 1. The van der Waals surface area contributed by atoms with E-state index in [0.29, 0.717) is 30.6 Å². The second-order valence-electron chi connectivity index (χ2n) is 4.83. The van der Waals surface area contributed by atoms with Crippen LogP contribution in [0.2, 0.25) is 0 Å². The standard InChI is InChI=1S/C12H17BrN2O3S/c1-18-7-11-3-10(11)5-15-19(16,17)8-9-2-12(13)6-14-4-9/h2,4,6,10-11,15H,3,5,7-8H2,1H3/t10-,11-/m0/s1. The van der Waals surface area contributed by atoms with Crippen LogP contribution in [-0.2, 0) is 20.5 Å². The van der Waals surface area contributed by atoms with E-state index in [0.717, 1.165) is 10.9 Å². The van der Waals surface area contributed by atoms with Crippen LogP contribution in [-0.4, -0.2) is 33.7 Å². The molecule has 2 rings (SSSR count). The van der Waals surface area contributed by atoms with Gasteiger partial charge in [0.1, 0.15) is 0 Å². The highest BCUT2D eigenvalue weighted by Gasteiger charge is 2.37. The Morgan fingerprint density at radius 1 is 1.47 bits per heavy atom. The lowest BCUT2D eigenvalue weighted by Crippen LogP contribution is -2.27. The summed E-state index contributed by atoms with van der Waals surface area (Å²) in [5, 5.41) is 0. The van der Waals surface area contributed by atoms with Crippen LogP contribution in [0.15, 0.2) is 22.9 Å². The molecule has 19 heavy (non-hydrogen) atoms. The molecule has 7 heteroatoms. The van der Waals surface area contributed by atoms with E-state index in [2.05, 4.69) is 25.6 Å². The molecule has 1 heterocycles. The Morgan fingerprint density at radius 3 is 2.95 bits per heavy atom. The molecule has 2 atom stereocenters. The summed E-state index contributed by atoms with van der Waals surface area (Å²) >= 11 is 3.28. The Balaban J connectivity index is 1.83. The van der Waals surface area contributed by atoms with Crippen molar-refractivity contribution in [2.45, 2.75) is 12.2 Å². The molecule has 5 nitrogen and oxygen atoms in total. The van der Waals surface area contributed by atoms with E-state index in [9.17, 15) is 8.42 Å². The lowest BCUT2D eigenvalue weighted by Gasteiger charge is -2.06. The Kier molecular flexibility index (Phi) is 4.94. The zero-order chi connectivity index (χ0) is 13.9. The number of rotatable bonds is 7. The van der Waals surface area contributed by atoms with Gasteiger partial charge in [-0.2, -0.15) is 0 Å². The number of hydrogen-bond donors (Lipinski definition) is 1. The van der Waals surface area contributed by atoms with E-state index in [-0.39, 0.29) is 5.75 Å². The lowest BCUT2D eigenvalue weighted by molar-refractivity contribution is 0.181. The highest BCUT2D eigenvalue weighted by Crippen LogP contribution is 2.37. The summed E-state index contributed by atoms with van der Waals surface area (Å²) in [7, 11) is -1.63. The SMILES string of the molecule is COC[C@@H]1C[C@H]1CNS(=O)(=O)Cc1cncc(Br)c1. The summed E-state index contributed by atoms with van der Waals surface area (Å²) in [5.41, 5.74) is 0.672. The maximum Gasteiger partial charge on any atom is 0.215 e. The molecule has 1 fully saturated rings. The molecule has 1 N–H and O–H groups in total. The number of ether oxygens (including phenoxy) is 1. The largest absolute Gasteiger partial charge is 0.384 e. The van der Waals surface area contributed by atoms with Crippen LogP contribution in [0.5, 0.6) is 0 Å². The molecule has 1 saturated carbocycles. The number of hydrogen-bond acceptors (Lipinski definition) is 4. The Bertz CT molecular complexity index is 536. The molecule has 0 aromatic carbocycles. The van der Waals surface area contributed by atoms with E-state index >= 15 is 0 Å². The Hall–Kier alpha value is -0.500. The average Bonchev–Trinajstić information content (AvgIpc) is 3.05. The second kappa shape index (κ2) is 6.30. The fourth-order valence-corrected chi connectivity index (χ4v) is 3.60. The number of sulfonamides is 1. The molecule has 0 bridgehead atoms. The number of nitrogens with one attached hydrogen (secondary N) is 1. The first-order chi connectivity index (χ1) is 9.00. The molecule has 0 amide bonds. The van der Waals surface area contributed by atoms with Crippen LogP contribution in [0.3, 0.4) is 0 Å². The van der Waals surface area contributed by atoms with Crippen molar-refractivity contribution in [2.75, 3.05) is 20.3 Å². The van der Waals surface area contributed by atoms with Crippen LogP contribution in [0.1, 0.15) is 12.0 Å². The molecule has 0 spiro atoms. The maximum atomic E-state index is 11.9. The molecule has 0 unspecified atom stereocenters. The van der Waals surface area contributed by atoms with E-state index in [1.54, 1.807) is 25.6 Å². The van der Waals surface area contributed by atoms with Gasteiger partial charge in [-0.25, -0.2) is 13.1 Å². The molecule has 1 aromatic rings. The van der Waals surface area contributed by atoms with Gasteiger partial charge >= 0.3 is 0 Å². The van der Waals surface area contributed by atoms with Crippen molar-refractivity contribution in [1.29, 1.82) is 0 Å². The van der Waals surface area contributed by atoms with Crippen molar-refractivity contribution in [2.24, 2.45) is 11.8 Å². The van der Waals surface area contributed by atoms with E-state index in [1.165, 1.54) is 0 Å². The first-order valence-electron chi connectivity index (χ1n) is 6.06. The minimum Gasteiger partial charge on any atom is -0.384 e. The summed E-state index contributed by atoms with van der Waals surface area (Å²) < 4.78 is 32.3. The van der Waals surface area contributed by atoms with Crippen LogP contribution < -0.4 is 4.72 Å². The quantitative estimate of drug-likeness (QED) is 0.811. The first-order valence-corrected chi connectivity index (χ1v) is 8.50. The third-order valence-electron chi connectivity index (χ3n) is 3.13. The molecule has 0 saturated heterocycles. The van der Waals surface area contributed by atoms with Crippen LogP contribution >= 0.6 is 15.9 Å². The Labute approximate surface area is 121 Å². The number of methoxy groups -OCH3 is 1. The van der Waals surface area contributed by atoms with Crippen molar-refractivity contribution in [3.63, 3.8) is 0 Å². The van der Waals surface area contributed by atoms with E-state index in [4.69, 9.17) is 4.74 Å². The summed E-state index contributed by atoms with van der Waals surface area (Å²) in [5.74, 6) is 0.872. The van der Waals surface area contributed by atoms with E-state index in [1.807, 2.05) is 0 Å². The van der Waals surface area contributed by atoms with Gasteiger partial charge in [0.25, 0.3) is 0 Å². The smallest absolute Gasteiger partial charge is 0.215 e. The van der Waals surface area contributed by atoms with Crippen molar-refractivity contribution >= 4 is 26.0 Å².